The van der Waals surface area contributed by atoms with Crippen LogP contribution in [-0.4, -0.2) is 57.0 Å². The van der Waals surface area contributed by atoms with Crippen molar-refractivity contribution in [3.8, 4) is 11.8 Å². The van der Waals surface area contributed by atoms with Gasteiger partial charge in [-0.1, -0.05) is 0 Å². The number of alkyl carbamates (subject to hydrolysis) is 1. The number of amides is 1. The van der Waals surface area contributed by atoms with Crippen LogP contribution in [0.25, 0.3) is 5.65 Å². The number of nitrogen functional groups attached to an aromatic ring is 1. The number of halogens is 1. The third kappa shape index (κ3) is 7.99. The van der Waals surface area contributed by atoms with Crippen LogP contribution in [0.3, 0.4) is 0 Å². The van der Waals surface area contributed by atoms with E-state index in [1.165, 1.54) is 18.3 Å². The topological polar surface area (TPSA) is 157 Å². The number of anilines is 2. The molecule has 0 spiro atoms. The van der Waals surface area contributed by atoms with E-state index in [4.69, 9.17) is 26.8 Å². The lowest BCUT2D eigenvalue weighted by Gasteiger charge is -2.26. The molecule has 1 atom stereocenters. The zero-order chi connectivity index (χ0) is 35.7. The van der Waals surface area contributed by atoms with Gasteiger partial charge in [-0.05, 0) is 73.5 Å². The van der Waals surface area contributed by atoms with E-state index in [0.717, 1.165) is 10.6 Å². The monoisotopic (exact) mass is 588 g/mol. The van der Waals surface area contributed by atoms with Gasteiger partial charge >= 0.3 is 12.1 Å². The van der Waals surface area contributed by atoms with Crippen LogP contribution in [0.1, 0.15) is 83.7 Å². The van der Waals surface area contributed by atoms with Crippen molar-refractivity contribution in [2.45, 2.75) is 79.2 Å². The Balaban J connectivity index is 2.12. The summed E-state index contributed by atoms with van der Waals surface area (Å²) in [6, 6.07) is 5.13. The van der Waals surface area contributed by atoms with Crippen molar-refractivity contribution in [2.75, 3.05) is 23.7 Å². The zero-order valence-electron chi connectivity index (χ0n) is 29.5. The van der Waals surface area contributed by atoms with Crippen molar-refractivity contribution < 1.29 is 35.0 Å². The van der Waals surface area contributed by atoms with Gasteiger partial charge in [0.1, 0.15) is 46.3 Å². The van der Waals surface area contributed by atoms with Crippen LogP contribution in [0, 0.1) is 17.1 Å². The largest absolute Gasteiger partial charge is 0.488 e. The molecular weight excluding hydrogens is 545 g/mol. The molecule has 226 valence electrons. The molecular formula is C29H38FN7O5. The van der Waals surface area contributed by atoms with Crippen LogP contribution in [0.15, 0.2) is 24.4 Å². The average Bonchev–Trinajstić information content (AvgIpc) is 3.24. The average molecular weight is 589 g/mol. The van der Waals surface area contributed by atoms with Gasteiger partial charge < -0.3 is 30.2 Å². The molecule has 0 aliphatic carbocycles. The summed E-state index contributed by atoms with van der Waals surface area (Å²) in [5.41, 5.74) is 3.18. The normalized spacial score (nSPS) is 14.8. The Hall–Kier alpha value is -4.60. The van der Waals surface area contributed by atoms with E-state index in [9.17, 15) is 19.2 Å². The quantitative estimate of drug-likeness (QED) is 0.339. The number of rotatable bonds is 9. The molecule has 0 saturated heterocycles. The second-order valence-corrected chi connectivity index (χ2v) is 11.3. The first-order chi connectivity index (χ1) is 21.4. The van der Waals surface area contributed by atoms with Gasteiger partial charge in [-0.25, -0.2) is 23.5 Å². The van der Waals surface area contributed by atoms with Crippen LogP contribution < -0.4 is 20.7 Å². The van der Waals surface area contributed by atoms with Gasteiger partial charge in [0.2, 0.25) is 0 Å². The lowest BCUT2D eigenvalue weighted by atomic mass is 10.1. The van der Waals surface area contributed by atoms with Gasteiger partial charge in [0.25, 0.3) is 0 Å². The second kappa shape index (κ2) is 12.5. The highest BCUT2D eigenvalue weighted by Gasteiger charge is 2.27. The molecule has 1 amide bonds. The van der Waals surface area contributed by atoms with E-state index >= 15 is 0 Å². The number of carbonyl (C=O) groups is 2. The lowest BCUT2D eigenvalue weighted by Crippen LogP contribution is -2.37. The summed E-state index contributed by atoms with van der Waals surface area (Å²) in [6.07, 6.45) is -0.204. The molecule has 42 heavy (non-hydrogen) atoms. The van der Waals surface area contributed by atoms with Gasteiger partial charge in [0.05, 0.1) is 12.1 Å². The number of hydrogen-bond acceptors (Lipinski definition) is 10. The van der Waals surface area contributed by atoms with Crippen molar-refractivity contribution in [3.63, 3.8) is 0 Å². The molecule has 1 aromatic carbocycles. The van der Waals surface area contributed by atoms with E-state index in [2.05, 4.69) is 15.4 Å². The molecule has 3 N–H and O–H groups in total. The third-order valence-electron chi connectivity index (χ3n) is 5.42. The maximum Gasteiger partial charge on any atom is 0.407 e. The summed E-state index contributed by atoms with van der Waals surface area (Å²) in [4.78, 5) is 30.2. The highest BCUT2D eigenvalue weighted by atomic mass is 19.1. The predicted molar refractivity (Wildman–Crippen MR) is 155 cm³/mol. The minimum absolute atomic E-state index is 0.0677. The summed E-state index contributed by atoms with van der Waals surface area (Å²) >= 11 is 0. The fourth-order valence-electron chi connectivity index (χ4n) is 3.74. The first-order valence-electron chi connectivity index (χ1n) is 15.5. The first kappa shape index (κ1) is 25.1. The Kier molecular flexibility index (Phi) is 7.48. The highest BCUT2D eigenvalue weighted by Crippen LogP contribution is 2.30. The molecule has 13 heteroatoms. The van der Waals surface area contributed by atoms with Crippen LogP contribution in [-0.2, 0) is 16.0 Å². The number of carbonyl (C=O) groups excluding carboxylic acids is 2. The lowest BCUT2D eigenvalue weighted by molar-refractivity contribution is 0.00724. The predicted octanol–water partition coefficient (Wildman–Crippen LogP) is 4.60. The summed E-state index contributed by atoms with van der Waals surface area (Å²) < 4.78 is 73.9. The molecule has 0 fully saturated rings. The van der Waals surface area contributed by atoms with Gasteiger partial charge in [-0.2, -0.15) is 5.26 Å². The van der Waals surface area contributed by atoms with E-state index in [1.54, 1.807) is 54.5 Å². The summed E-state index contributed by atoms with van der Waals surface area (Å²) in [5.74, 6) is -2.49. The number of hydrogen-bond donors (Lipinski definition) is 2. The van der Waals surface area contributed by atoms with Crippen molar-refractivity contribution in [3.05, 3.63) is 46.9 Å². The molecule has 0 saturated carbocycles. The standard InChI is InChI=1S/C29H38FN7O5/c1-9-36(22-12-13-37-25(34-22)23(24(32)35-37)26(38)41-28(3,4)5)16-19-18(14-31)20(30)10-11-21(19)40-17(2)15-33-27(39)42-29(6,7)8/h10-13,17H,9,15-16H2,1-8H3,(H2,32,35)(H,33,39)/t17-/m0/s1/i1D3,9D2. The maximum absolute atomic E-state index is 15.0. The first-order valence-corrected chi connectivity index (χ1v) is 13.0. The Morgan fingerprint density at radius 1 is 1.24 bits per heavy atom. The SMILES string of the molecule is [2H]C([2H])([2H])C([2H])([2H])N(Cc1c(O[C@@H](C)CNC(=O)OC(C)(C)C)ccc(F)c1C#N)c1ccn2nc(N)c(C(=O)OC(C)(C)C)c2n1. The minimum Gasteiger partial charge on any atom is -0.488 e. The van der Waals surface area contributed by atoms with Crippen LogP contribution >= 0.6 is 0 Å². The number of aromatic nitrogens is 3. The summed E-state index contributed by atoms with van der Waals surface area (Å²) in [6.45, 7) is 4.30. The highest BCUT2D eigenvalue weighted by molar-refractivity contribution is 6.01. The van der Waals surface area contributed by atoms with Crippen molar-refractivity contribution in [1.82, 2.24) is 19.9 Å². The van der Waals surface area contributed by atoms with E-state index in [-0.39, 0.29) is 40.7 Å². The number of benzene rings is 1. The van der Waals surface area contributed by atoms with Crippen molar-refractivity contribution >= 4 is 29.3 Å². The molecule has 0 radical (unpaired) electrons. The molecule has 0 aliphatic rings. The van der Waals surface area contributed by atoms with Crippen molar-refractivity contribution in [1.29, 1.82) is 5.26 Å². The summed E-state index contributed by atoms with van der Waals surface area (Å²) in [7, 11) is 0. The van der Waals surface area contributed by atoms with Gasteiger partial charge in [-0.15, -0.1) is 5.10 Å². The van der Waals surface area contributed by atoms with Crippen LogP contribution in [0.2, 0.25) is 0 Å². The molecule has 12 nitrogen and oxygen atoms in total. The second-order valence-electron chi connectivity index (χ2n) is 11.3. The Bertz CT molecular complexity index is 1690. The Labute approximate surface area is 251 Å². The molecule has 2 heterocycles. The van der Waals surface area contributed by atoms with Crippen LogP contribution in [0.4, 0.5) is 20.8 Å². The number of nitrogens with zero attached hydrogens (tertiary/aromatic N) is 5. The molecule has 2 aromatic heterocycles. The Morgan fingerprint density at radius 3 is 2.55 bits per heavy atom. The Morgan fingerprint density at radius 2 is 1.93 bits per heavy atom. The zero-order valence-corrected chi connectivity index (χ0v) is 24.5. The minimum atomic E-state index is -3.29. The number of esters is 1. The number of ether oxygens (including phenoxy) is 3. The number of fused-ring (bicyclic) bond motifs is 1. The molecule has 0 aliphatic heterocycles. The molecule has 0 unspecified atom stereocenters. The molecule has 0 bridgehead atoms. The number of nitriles is 1. The number of nitrogens with two attached hydrogens (primary N) is 1. The van der Waals surface area contributed by atoms with E-state index < -0.39 is 60.6 Å². The third-order valence-corrected chi connectivity index (χ3v) is 5.42. The van der Waals surface area contributed by atoms with E-state index in [1.807, 2.05) is 0 Å². The smallest absolute Gasteiger partial charge is 0.407 e. The van der Waals surface area contributed by atoms with Crippen LogP contribution in [0.5, 0.6) is 5.75 Å². The molecule has 3 aromatic rings. The maximum atomic E-state index is 15.0. The van der Waals surface area contributed by atoms with E-state index in [0.29, 0.717) is 4.90 Å². The fraction of sp³-hybridized carbons (Fsp3) is 0.483. The number of nitrogens with one attached hydrogen (secondary N) is 1. The van der Waals surface area contributed by atoms with Gasteiger partial charge in [-0.3, -0.25) is 0 Å². The fourth-order valence-corrected chi connectivity index (χ4v) is 3.74. The molecule has 3 rings (SSSR count). The summed E-state index contributed by atoms with van der Waals surface area (Å²) in [5, 5.41) is 16.5. The van der Waals surface area contributed by atoms with Gasteiger partial charge in [0.15, 0.2) is 11.5 Å². The van der Waals surface area contributed by atoms with Crippen molar-refractivity contribution in [2.24, 2.45) is 0 Å². The van der Waals surface area contributed by atoms with Gasteiger partial charge in [0, 0.05) is 31.7 Å².